The number of amides is 2. The molecule has 0 saturated carbocycles. The molecule has 0 spiro atoms. The quantitative estimate of drug-likeness (QED) is 0.247. The van der Waals surface area contributed by atoms with Gasteiger partial charge in [0.2, 0.25) is 0 Å². The lowest BCUT2D eigenvalue weighted by Crippen LogP contribution is -2.50. The summed E-state index contributed by atoms with van der Waals surface area (Å²) >= 11 is 9.43. The molecule has 0 radical (unpaired) electrons. The van der Waals surface area contributed by atoms with E-state index in [-0.39, 0.29) is 12.0 Å². The topological polar surface area (TPSA) is 54.0 Å². The lowest BCUT2D eigenvalue weighted by molar-refractivity contribution is -0.137. The number of pyridine rings is 1. The molecule has 2 N–H and O–H groups in total. The molecule has 1 aromatic heterocycles. The molecule has 1 unspecified atom stereocenters. The molecule has 1 heterocycles. The fraction of sp³-hybridized carbons (Fsp3) is 0.111. The van der Waals surface area contributed by atoms with Crippen LogP contribution in [0, 0.1) is 0 Å². The molecule has 4 nitrogen and oxygen atoms in total. The minimum absolute atomic E-state index is 0.135. The number of urea groups is 1. The fourth-order valence-corrected chi connectivity index (χ4v) is 4.45. The summed E-state index contributed by atoms with van der Waals surface area (Å²) in [4.78, 5) is 17.7. The van der Waals surface area contributed by atoms with E-state index in [0.29, 0.717) is 16.4 Å². The van der Waals surface area contributed by atoms with Crippen LogP contribution in [0.2, 0.25) is 5.02 Å². The van der Waals surface area contributed by atoms with Gasteiger partial charge in [0.15, 0.2) is 0 Å². The smallest absolute Gasteiger partial charge is 0.322 e. The number of nitrogens with one attached hydrogen (secondary N) is 2. The van der Waals surface area contributed by atoms with Crippen LogP contribution >= 0.6 is 27.5 Å². The Labute approximate surface area is 219 Å². The Morgan fingerprint density at radius 2 is 1.61 bits per heavy atom. The molecule has 2 amide bonds. The fourth-order valence-electron chi connectivity index (χ4n) is 3.93. The molecule has 0 aliphatic heterocycles. The Kier molecular flexibility index (Phi) is 7.66. The van der Waals surface area contributed by atoms with Crippen molar-refractivity contribution in [2.45, 2.75) is 18.1 Å². The second-order valence-corrected chi connectivity index (χ2v) is 9.45. The number of aromatic nitrogens is 1. The largest absolute Gasteiger partial charge is 0.416 e. The first-order valence-corrected chi connectivity index (χ1v) is 12.0. The van der Waals surface area contributed by atoms with E-state index in [1.807, 2.05) is 36.4 Å². The van der Waals surface area contributed by atoms with Gasteiger partial charge in [0.05, 0.1) is 16.3 Å². The van der Waals surface area contributed by atoms with Crippen LogP contribution in [0.25, 0.3) is 0 Å². The molecular formula is C27H20BrClF3N3O. The van der Waals surface area contributed by atoms with Gasteiger partial charge in [0.1, 0.15) is 5.54 Å². The predicted octanol–water partition coefficient (Wildman–Crippen LogP) is 7.82. The highest BCUT2D eigenvalue weighted by molar-refractivity contribution is 9.10. The second kappa shape index (κ2) is 10.7. The molecule has 184 valence electrons. The third-order valence-corrected chi connectivity index (χ3v) is 6.29. The number of rotatable bonds is 6. The lowest BCUT2D eigenvalue weighted by Gasteiger charge is -2.36. The molecule has 0 bridgehead atoms. The van der Waals surface area contributed by atoms with E-state index in [0.717, 1.165) is 22.2 Å². The van der Waals surface area contributed by atoms with Crippen molar-refractivity contribution in [3.63, 3.8) is 0 Å². The number of carbonyl (C=O) groups excluding carboxylic acids is 1. The first kappa shape index (κ1) is 25.7. The van der Waals surface area contributed by atoms with Gasteiger partial charge in [-0.3, -0.25) is 4.98 Å². The summed E-state index contributed by atoms with van der Waals surface area (Å²) in [6.45, 7) is 0. The predicted molar refractivity (Wildman–Crippen MR) is 138 cm³/mol. The molecular weight excluding hydrogens is 555 g/mol. The highest BCUT2D eigenvalue weighted by Crippen LogP contribution is 2.37. The molecule has 1 atom stereocenters. The van der Waals surface area contributed by atoms with Crippen LogP contribution in [0.5, 0.6) is 0 Å². The van der Waals surface area contributed by atoms with Gasteiger partial charge < -0.3 is 10.6 Å². The summed E-state index contributed by atoms with van der Waals surface area (Å²) in [6, 6.07) is 23.6. The van der Waals surface area contributed by atoms with E-state index in [1.165, 1.54) is 12.3 Å². The van der Waals surface area contributed by atoms with Crippen molar-refractivity contribution in [2.75, 3.05) is 5.32 Å². The number of carbonyl (C=O) groups is 1. The maximum Gasteiger partial charge on any atom is 0.416 e. The van der Waals surface area contributed by atoms with Crippen molar-refractivity contribution >= 4 is 39.2 Å². The number of hydrogen-bond acceptors (Lipinski definition) is 2. The second-order valence-electron chi connectivity index (χ2n) is 8.10. The SMILES string of the molecule is O=C(Nc1cccc(Br)c1)NC(Cc1ccccc1)(c1cccc(C(F)(F)F)c1)c1ccc(Cl)cn1. The zero-order valence-corrected chi connectivity index (χ0v) is 21.0. The standard InChI is InChI=1S/C27H20BrClF3N3O/c28-21-10-5-11-23(15-21)34-25(36)35-26(16-18-6-2-1-3-7-18,24-13-12-22(29)17-33-24)19-8-4-9-20(14-19)27(30,31)32/h1-15,17H,16H2,(H2,34,35,36). The minimum Gasteiger partial charge on any atom is -0.322 e. The van der Waals surface area contributed by atoms with Gasteiger partial charge in [-0.25, -0.2) is 4.79 Å². The van der Waals surface area contributed by atoms with Crippen molar-refractivity contribution in [2.24, 2.45) is 0 Å². The summed E-state index contributed by atoms with van der Waals surface area (Å²) in [7, 11) is 0. The summed E-state index contributed by atoms with van der Waals surface area (Å²) in [6.07, 6.45) is -3.03. The highest BCUT2D eigenvalue weighted by Gasteiger charge is 2.40. The van der Waals surface area contributed by atoms with Crippen LogP contribution in [-0.4, -0.2) is 11.0 Å². The van der Waals surface area contributed by atoms with Gasteiger partial charge in [-0.15, -0.1) is 0 Å². The molecule has 0 saturated heterocycles. The molecule has 0 aliphatic rings. The summed E-state index contributed by atoms with van der Waals surface area (Å²) in [5.41, 5.74) is -0.443. The van der Waals surface area contributed by atoms with Crippen LogP contribution in [-0.2, 0) is 18.1 Å². The van der Waals surface area contributed by atoms with Crippen LogP contribution in [0.1, 0.15) is 22.4 Å². The van der Waals surface area contributed by atoms with Gasteiger partial charge in [-0.2, -0.15) is 13.2 Å². The molecule has 9 heteroatoms. The Morgan fingerprint density at radius 1 is 0.889 bits per heavy atom. The van der Waals surface area contributed by atoms with E-state index in [9.17, 15) is 18.0 Å². The molecule has 36 heavy (non-hydrogen) atoms. The van der Waals surface area contributed by atoms with Crippen molar-refractivity contribution in [1.29, 1.82) is 0 Å². The third-order valence-electron chi connectivity index (χ3n) is 5.57. The Morgan fingerprint density at radius 3 is 2.28 bits per heavy atom. The van der Waals surface area contributed by atoms with E-state index in [2.05, 4.69) is 31.5 Å². The number of hydrogen-bond donors (Lipinski definition) is 2. The van der Waals surface area contributed by atoms with E-state index in [4.69, 9.17) is 11.6 Å². The van der Waals surface area contributed by atoms with E-state index < -0.39 is 23.3 Å². The van der Waals surface area contributed by atoms with Gasteiger partial charge in [0.25, 0.3) is 0 Å². The minimum atomic E-state index is -4.57. The van der Waals surface area contributed by atoms with Gasteiger partial charge in [-0.05, 0) is 53.6 Å². The maximum atomic E-state index is 13.7. The van der Waals surface area contributed by atoms with Crippen molar-refractivity contribution in [1.82, 2.24) is 10.3 Å². The monoisotopic (exact) mass is 573 g/mol. The van der Waals surface area contributed by atoms with Crippen molar-refractivity contribution < 1.29 is 18.0 Å². The number of halogens is 5. The molecule has 3 aromatic carbocycles. The Bertz CT molecular complexity index is 1350. The van der Waals surface area contributed by atoms with Gasteiger partial charge >= 0.3 is 12.2 Å². The summed E-state index contributed by atoms with van der Waals surface area (Å²) < 4.78 is 41.8. The van der Waals surface area contributed by atoms with Crippen LogP contribution in [0.4, 0.5) is 23.7 Å². The summed E-state index contributed by atoms with van der Waals surface area (Å²) in [5.74, 6) is 0. The zero-order valence-electron chi connectivity index (χ0n) is 18.7. The molecule has 4 aromatic rings. The molecule has 0 fully saturated rings. The average molecular weight is 575 g/mol. The van der Waals surface area contributed by atoms with Crippen molar-refractivity contribution in [3.05, 3.63) is 129 Å². The van der Waals surface area contributed by atoms with E-state index >= 15 is 0 Å². The first-order chi connectivity index (χ1) is 17.2. The number of benzene rings is 3. The van der Waals surface area contributed by atoms with Crippen LogP contribution in [0.3, 0.4) is 0 Å². The van der Waals surface area contributed by atoms with Crippen LogP contribution < -0.4 is 10.6 Å². The Balaban J connectivity index is 1.87. The summed E-state index contributed by atoms with van der Waals surface area (Å²) in [5, 5.41) is 6.06. The molecule has 0 aliphatic carbocycles. The number of nitrogens with zero attached hydrogens (tertiary/aromatic N) is 1. The first-order valence-electron chi connectivity index (χ1n) is 10.8. The molecule has 4 rings (SSSR count). The average Bonchev–Trinajstić information content (AvgIpc) is 2.84. The lowest BCUT2D eigenvalue weighted by atomic mass is 9.80. The normalized spacial score (nSPS) is 13.0. The van der Waals surface area contributed by atoms with Gasteiger partial charge in [-0.1, -0.05) is 76.1 Å². The van der Waals surface area contributed by atoms with Gasteiger partial charge in [0, 0.05) is 22.8 Å². The third kappa shape index (κ3) is 6.06. The zero-order chi connectivity index (χ0) is 25.8. The van der Waals surface area contributed by atoms with Crippen molar-refractivity contribution in [3.8, 4) is 0 Å². The number of alkyl halides is 3. The highest BCUT2D eigenvalue weighted by atomic mass is 79.9. The van der Waals surface area contributed by atoms with Crippen LogP contribution in [0.15, 0.2) is 102 Å². The Hall–Kier alpha value is -3.36. The van der Waals surface area contributed by atoms with E-state index in [1.54, 1.807) is 36.4 Å². The number of anilines is 1. The maximum absolute atomic E-state index is 13.7.